The molecule has 0 aliphatic carbocycles. The lowest BCUT2D eigenvalue weighted by Crippen LogP contribution is -2.46. The first-order valence-electron chi connectivity index (χ1n) is 24.8. The van der Waals surface area contributed by atoms with E-state index in [0.717, 1.165) is 44.9 Å². The Kier molecular flexibility index (Phi) is 43.1. The molecule has 3 unspecified atom stereocenters. The number of carbonyl (C=O) groups excluding carboxylic acids is 2. The van der Waals surface area contributed by atoms with Crippen molar-refractivity contribution in [3.8, 4) is 0 Å². The molecule has 0 radical (unpaired) electrons. The number of esters is 1. The molecule has 0 spiro atoms. The summed E-state index contributed by atoms with van der Waals surface area (Å²) in [7, 11) is 0. The minimum Gasteiger partial charge on any atom is -0.462 e. The monoisotopic (exact) mass is 780 g/mol. The first-order chi connectivity index (χ1) is 27.0. The van der Waals surface area contributed by atoms with Gasteiger partial charge in [-0.1, -0.05) is 239 Å². The maximum Gasteiger partial charge on any atom is 0.306 e. The normalized spacial score (nSPS) is 13.2. The van der Waals surface area contributed by atoms with Crippen LogP contribution in [-0.4, -0.2) is 46.9 Å². The van der Waals surface area contributed by atoms with E-state index in [-0.39, 0.29) is 24.9 Å². The molecule has 0 aliphatic heterocycles. The van der Waals surface area contributed by atoms with E-state index in [4.69, 9.17) is 4.74 Å². The molecule has 0 saturated heterocycles. The van der Waals surface area contributed by atoms with Gasteiger partial charge in [0.25, 0.3) is 0 Å². The first kappa shape index (κ1) is 53.9. The highest BCUT2D eigenvalue weighted by Crippen LogP contribution is 2.18. The molecule has 0 aliphatic rings. The fourth-order valence-corrected chi connectivity index (χ4v) is 7.90. The Morgan fingerprint density at radius 1 is 0.455 bits per heavy atom. The number of rotatable bonds is 45. The third-order valence-corrected chi connectivity index (χ3v) is 11.7. The second-order valence-electron chi connectivity index (χ2n) is 17.2. The van der Waals surface area contributed by atoms with Crippen LogP contribution in [0.2, 0.25) is 0 Å². The van der Waals surface area contributed by atoms with Gasteiger partial charge in [-0.3, -0.25) is 9.59 Å². The number of aliphatic hydroxyl groups is 2. The van der Waals surface area contributed by atoms with Crippen molar-refractivity contribution in [1.82, 2.24) is 5.32 Å². The van der Waals surface area contributed by atoms with Gasteiger partial charge in [-0.25, -0.2) is 0 Å². The number of unbranched alkanes of at least 4 members (excludes halogenated alkanes) is 33. The lowest BCUT2D eigenvalue weighted by molar-refractivity contribution is -0.151. The summed E-state index contributed by atoms with van der Waals surface area (Å²) < 4.78 is 5.88. The van der Waals surface area contributed by atoms with Gasteiger partial charge in [0.15, 0.2) is 0 Å². The molecule has 0 fully saturated rings. The van der Waals surface area contributed by atoms with Crippen LogP contribution in [-0.2, 0) is 14.3 Å². The molecular weight excluding hydrogens is 683 g/mol. The van der Waals surface area contributed by atoms with Crippen LogP contribution in [0.1, 0.15) is 278 Å². The van der Waals surface area contributed by atoms with Crippen LogP contribution in [0.3, 0.4) is 0 Å². The Morgan fingerprint density at radius 3 is 1.11 bits per heavy atom. The third kappa shape index (κ3) is 39.5. The fraction of sp³-hybridized carbons (Fsp3) is 0.959. The quantitative estimate of drug-likeness (QED) is 0.0422. The molecule has 0 rings (SSSR count). The van der Waals surface area contributed by atoms with Gasteiger partial charge in [0.1, 0.15) is 6.10 Å². The van der Waals surface area contributed by atoms with Gasteiger partial charge in [0.2, 0.25) is 5.91 Å². The lowest BCUT2D eigenvalue weighted by Gasteiger charge is -2.24. The maximum atomic E-state index is 13.1. The Labute approximate surface area is 343 Å². The van der Waals surface area contributed by atoms with Gasteiger partial charge in [-0.15, -0.1) is 0 Å². The second-order valence-corrected chi connectivity index (χ2v) is 17.2. The summed E-state index contributed by atoms with van der Waals surface area (Å²) in [4.78, 5) is 25.9. The Balaban J connectivity index is 4.30. The zero-order valence-corrected chi connectivity index (χ0v) is 37.3. The Bertz CT molecular complexity index is 791. The van der Waals surface area contributed by atoms with Crippen LogP contribution in [0.15, 0.2) is 0 Å². The summed E-state index contributed by atoms with van der Waals surface area (Å²) in [5.74, 6) is -0.461. The molecule has 0 saturated carbocycles. The summed E-state index contributed by atoms with van der Waals surface area (Å²) in [6.45, 7) is 6.47. The summed E-state index contributed by atoms with van der Waals surface area (Å²) in [5.41, 5.74) is 0. The van der Waals surface area contributed by atoms with Crippen molar-refractivity contribution in [2.24, 2.45) is 0 Å². The standard InChI is InChI=1S/C49H97NO5/c1-4-7-10-13-16-18-20-22-23-24-25-26-27-29-32-35-38-41-47(52)46(44-51)50-48(53)43-45(40-37-34-31-15-12-9-6-3)55-49(54)42-39-36-33-30-28-21-19-17-14-11-8-5-2/h45-47,51-52H,4-44H2,1-3H3,(H,50,53). The van der Waals surface area contributed by atoms with Crippen molar-refractivity contribution < 1.29 is 24.5 Å². The number of hydrogen-bond donors (Lipinski definition) is 3. The summed E-state index contributed by atoms with van der Waals surface area (Å²) in [6.07, 6.45) is 46.0. The molecule has 55 heavy (non-hydrogen) atoms. The summed E-state index contributed by atoms with van der Waals surface area (Å²) >= 11 is 0. The van der Waals surface area contributed by atoms with E-state index in [1.807, 2.05) is 0 Å². The third-order valence-electron chi connectivity index (χ3n) is 11.7. The molecule has 3 atom stereocenters. The van der Waals surface area contributed by atoms with Crippen molar-refractivity contribution in [1.29, 1.82) is 0 Å². The van der Waals surface area contributed by atoms with Crippen molar-refractivity contribution in [3.05, 3.63) is 0 Å². The van der Waals surface area contributed by atoms with Crippen molar-refractivity contribution in [3.63, 3.8) is 0 Å². The van der Waals surface area contributed by atoms with E-state index in [0.29, 0.717) is 19.3 Å². The summed E-state index contributed by atoms with van der Waals surface area (Å²) in [6, 6.07) is -0.690. The van der Waals surface area contributed by atoms with Crippen molar-refractivity contribution >= 4 is 11.9 Å². The molecule has 1 amide bonds. The topological polar surface area (TPSA) is 95.9 Å². The van der Waals surface area contributed by atoms with E-state index in [9.17, 15) is 19.8 Å². The minimum atomic E-state index is -0.778. The predicted octanol–water partition coefficient (Wildman–Crippen LogP) is 14.4. The molecule has 328 valence electrons. The predicted molar refractivity (Wildman–Crippen MR) is 237 cm³/mol. The molecular formula is C49H97NO5. The largest absolute Gasteiger partial charge is 0.462 e. The van der Waals surface area contributed by atoms with Crippen LogP contribution in [0, 0.1) is 0 Å². The van der Waals surface area contributed by atoms with Gasteiger partial charge in [-0.2, -0.15) is 0 Å². The smallest absolute Gasteiger partial charge is 0.306 e. The average Bonchev–Trinajstić information content (AvgIpc) is 3.18. The number of carbonyl (C=O) groups is 2. The molecule has 0 bridgehead atoms. The van der Waals surface area contributed by atoms with E-state index in [1.54, 1.807) is 0 Å². The molecule has 0 heterocycles. The molecule has 0 aromatic carbocycles. The van der Waals surface area contributed by atoms with Crippen LogP contribution in [0.5, 0.6) is 0 Å². The number of ether oxygens (including phenoxy) is 1. The Morgan fingerprint density at radius 2 is 0.764 bits per heavy atom. The summed E-state index contributed by atoms with van der Waals surface area (Å²) in [5, 5.41) is 23.7. The molecule has 6 heteroatoms. The van der Waals surface area contributed by atoms with Crippen LogP contribution in [0.25, 0.3) is 0 Å². The highest BCUT2D eigenvalue weighted by Gasteiger charge is 2.24. The van der Waals surface area contributed by atoms with E-state index >= 15 is 0 Å². The zero-order valence-electron chi connectivity index (χ0n) is 37.3. The highest BCUT2D eigenvalue weighted by atomic mass is 16.5. The molecule has 6 nitrogen and oxygen atoms in total. The number of nitrogens with one attached hydrogen (secondary N) is 1. The van der Waals surface area contributed by atoms with Crippen LogP contribution < -0.4 is 5.32 Å². The van der Waals surface area contributed by atoms with E-state index < -0.39 is 18.2 Å². The molecule has 0 aromatic rings. The molecule has 3 N–H and O–H groups in total. The number of amides is 1. The lowest BCUT2D eigenvalue weighted by atomic mass is 10.0. The fourth-order valence-electron chi connectivity index (χ4n) is 7.90. The van der Waals surface area contributed by atoms with Crippen molar-refractivity contribution in [2.45, 2.75) is 296 Å². The molecule has 0 aromatic heterocycles. The average molecular weight is 780 g/mol. The zero-order chi connectivity index (χ0) is 40.3. The van der Waals surface area contributed by atoms with Gasteiger partial charge in [0, 0.05) is 6.42 Å². The van der Waals surface area contributed by atoms with Crippen molar-refractivity contribution in [2.75, 3.05) is 6.61 Å². The second kappa shape index (κ2) is 44.0. The minimum absolute atomic E-state index is 0.0857. The Hall–Kier alpha value is -1.14. The van der Waals surface area contributed by atoms with E-state index in [2.05, 4.69) is 26.1 Å². The maximum absolute atomic E-state index is 13.1. The van der Waals surface area contributed by atoms with Crippen LogP contribution >= 0.6 is 0 Å². The highest BCUT2D eigenvalue weighted by molar-refractivity contribution is 5.77. The van der Waals surface area contributed by atoms with Gasteiger partial charge >= 0.3 is 5.97 Å². The van der Waals surface area contributed by atoms with Gasteiger partial charge in [0.05, 0.1) is 25.2 Å². The van der Waals surface area contributed by atoms with Crippen LogP contribution in [0.4, 0.5) is 0 Å². The number of aliphatic hydroxyl groups excluding tert-OH is 2. The van der Waals surface area contributed by atoms with Gasteiger partial charge in [-0.05, 0) is 25.7 Å². The van der Waals surface area contributed by atoms with E-state index in [1.165, 1.54) is 186 Å². The SMILES string of the molecule is CCCCCCCCCCCCCCCCCCCC(O)C(CO)NC(=O)CC(CCCCCCCCC)OC(=O)CCCCCCCCCCCCCC. The number of hydrogen-bond acceptors (Lipinski definition) is 5. The van der Waals surface area contributed by atoms with Gasteiger partial charge < -0.3 is 20.3 Å². The first-order valence-corrected chi connectivity index (χ1v) is 24.8.